The van der Waals surface area contributed by atoms with E-state index in [0.29, 0.717) is 10.6 Å². The van der Waals surface area contributed by atoms with E-state index in [9.17, 15) is 9.59 Å². The summed E-state index contributed by atoms with van der Waals surface area (Å²) in [5.41, 5.74) is 1.45. The minimum Gasteiger partial charge on any atom is -0.478 e. The molecule has 0 saturated heterocycles. The number of carboxylic acids is 1. The molecule has 2 N–H and O–H groups in total. The fourth-order valence-corrected chi connectivity index (χ4v) is 2.53. The van der Waals surface area contributed by atoms with Crippen molar-refractivity contribution in [1.29, 1.82) is 0 Å². The molecule has 2 rings (SSSR count). The summed E-state index contributed by atoms with van der Waals surface area (Å²) in [6.45, 7) is 1.65. The molecule has 0 bridgehead atoms. The van der Waals surface area contributed by atoms with Crippen LogP contribution in [-0.4, -0.2) is 17.0 Å². The molecule has 0 aliphatic carbocycles. The first-order valence-electron chi connectivity index (χ1n) is 6.65. The predicted octanol–water partition coefficient (Wildman–Crippen LogP) is 4.84. The quantitative estimate of drug-likeness (QED) is 0.729. The Morgan fingerprint density at radius 1 is 1.22 bits per heavy atom. The summed E-state index contributed by atoms with van der Waals surface area (Å²) >= 11 is 9.23. The number of rotatable bonds is 4. The van der Waals surface area contributed by atoms with E-state index < -0.39 is 11.9 Å². The molecule has 23 heavy (non-hydrogen) atoms. The van der Waals surface area contributed by atoms with Gasteiger partial charge in [-0.25, -0.2) is 4.79 Å². The van der Waals surface area contributed by atoms with Gasteiger partial charge in [0.15, 0.2) is 0 Å². The summed E-state index contributed by atoms with van der Waals surface area (Å²) in [4.78, 5) is 23.5. The molecule has 2 aromatic carbocycles. The first kappa shape index (κ1) is 17.2. The summed E-state index contributed by atoms with van der Waals surface area (Å²) in [6, 6.07) is 11.7. The van der Waals surface area contributed by atoms with Gasteiger partial charge in [0.1, 0.15) is 0 Å². The standard InChI is InChI=1S/C17H13BrClNO3/c1-10(7-11-3-2-4-12(18)8-11)16(21)20-15-9-13(19)5-6-14(15)17(22)23/h2-9H,1H3,(H,20,21)(H,22,23). The van der Waals surface area contributed by atoms with Crippen LogP contribution < -0.4 is 5.32 Å². The third-order valence-electron chi connectivity index (χ3n) is 3.05. The van der Waals surface area contributed by atoms with E-state index in [4.69, 9.17) is 16.7 Å². The molecule has 0 fully saturated rings. The summed E-state index contributed by atoms with van der Waals surface area (Å²) in [5.74, 6) is -1.53. The van der Waals surface area contributed by atoms with Crippen LogP contribution in [0.25, 0.3) is 6.08 Å². The Labute approximate surface area is 146 Å². The largest absolute Gasteiger partial charge is 0.478 e. The molecule has 0 unspecified atom stereocenters. The van der Waals surface area contributed by atoms with E-state index in [1.54, 1.807) is 13.0 Å². The number of aromatic carboxylic acids is 1. The van der Waals surface area contributed by atoms with Crippen LogP contribution in [0.1, 0.15) is 22.8 Å². The first-order chi connectivity index (χ1) is 10.9. The van der Waals surface area contributed by atoms with Gasteiger partial charge in [0.2, 0.25) is 0 Å². The van der Waals surface area contributed by atoms with E-state index in [2.05, 4.69) is 21.2 Å². The van der Waals surface area contributed by atoms with Crippen LogP contribution in [0.5, 0.6) is 0 Å². The number of nitrogens with one attached hydrogen (secondary N) is 1. The molecule has 0 atom stereocenters. The summed E-state index contributed by atoms with van der Waals surface area (Å²) in [5, 5.41) is 12.1. The zero-order valence-corrected chi connectivity index (χ0v) is 14.5. The van der Waals surface area contributed by atoms with Gasteiger partial charge in [-0.1, -0.05) is 39.7 Å². The molecule has 4 nitrogen and oxygen atoms in total. The second-order valence-electron chi connectivity index (χ2n) is 4.83. The highest BCUT2D eigenvalue weighted by atomic mass is 79.9. The monoisotopic (exact) mass is 393 g/mol. The number of benzene rings is 2. The Bertz CT molecular complexity index is 802. The van der Waals surface area contributed by atoms with Crippen molar-refractivity contribution in [2.24, 2.45) is 0 Å². The van der Waals surface area contributed by atoms with Crippen molar-refractivity contribution in [3.63, 3.8) is 0 Å². The zero-order valence-electron chi connectivity index (χ0n) is 12.1. The maximum atomic E-state index is 12.3. The molecule has 6 heteroatoms. The van der Waals surface area contributed by atoms with Crippen LogP contribution in [-0.2, 0) is 4.79 Å². The van der Waals surface area contributed by atoms with Crippen molar-refractivity contribution in [1.82, 2.24) is 0 Å². The third kappa shape index (κ3) is 4.68. The second kappa shape index (κ2) is 7.44. The number of hydrogen-bond donors (Lipinski definition) is 2. The number of carbonyl (C=O) groups is 2. The molecular formula is C17H13BrClNO3. The summed E-state index contributed by atoms with van der Waals surface area (Å²) in [7, 11) is 0. The smallest absolute Gasteiger partial charge is 0.337 e. The number of amides is 1. The minimum atomic E-state index is -1.13. The van der Waals surface area contributed by atoms with Crippen LogP contribution >= 0.6 is 27.5 Å². The van der Waals surface area contributed by atoms with Gasteiger partial charge in [-0.05, 0) is 48.9 Å². The van der Waals surface area contributed by atoms with E-state index in [0.717, 1.165) is 10.0 Å². The number of hydrogen-bond acceptors (Lipinski definition) is 2. The van der Waals surface area contributed by atoms with E-state index in [-0.39, 0.29) is 11.3 Å². The normalized spacial score (nSPS) is 11.2. The van der Waals surface area contributed by atoms with E-state index >= 15 is 0 Å². The Morgan fingerprint density at radius 3 is 2.61 bits per heavy atom. The van der Waals surface area contributed by atoms with E-state index in [1.807, 2.05) is 24.3 Å². The molecule has 2 aromatic rings. The van der Waals surface area contributed by atoms with Crippen molar-refractivity contribution < 1.29 is 14.7 Å². The number of halogens is 2. The first-order valence-corrected chi connectivity index (χ1v) is 7.82. The molecule has 1 amide bonds. The third-order valence-corrected chi connectivity index (χ3v) is 3.78. The lowest BCUT2D eigenvalue weighted by atomic mass is 10.1. The molecular weight excluding hydrogens is 382 g/mol. The number of carbonyl (C=O) groups excluding carboxylic acids is 1. The highest BCUT2D eigenvalue weighted by Gasteiger charge is 2.14. The highest BCUT2D eigenvalue weighted by molar-refractivity contribution is 9.10. The molecule has 0 spiro atoms. The second-order valence-corrected chi connectivity index (χ2v) is 6.18. The number of anilines is 1. The lowest BCUT2D eigenvalue weighted by molar-refractivity contribution is -0.112. The predicted molar refractivity (Wildman–Crippen MR) is 94.8 cm³/mol. The fourth-order valence-electron chi connectivity index (χ4n) is 1.94. The summed E-state index contributed by atoms with van der Waals surface area (Å²) < 4.78 is 0.905. The molecule has 0 heterocycles. The van der Waals surface area contributed by atoms with Crippen LogP contribution in [0.15, 0.2) is 52.5 Å². The fraction of sp³-hybridized carbons (Fsp3) is 0.0588. The Balaban J connectivity index is 2.25. The Morgan fingerprint density at radius 2 is 1.96 bits per heavy atom. The maximum Gasteiger partial charge on any atom is 0.337 e. The van der Waals surface area contributed by atoms with Gasteiger partial charge >= 0.3 is 5.97 Å². The van der Waals surface area contributed by atoms with E-state index in [1.165, 1.54) is 18.2 Å². The topological polar surface area (TPSA) is 66.4 Å². The molecule has 0 radical (unpaired) electrons. The van der Waals surface area contributed by atoms with Gasteiger partial charge in [0.05, 0.1) is 11.3 Å². The lowest BCUT2D eigenvalue weighted by Crippen LogP contribution is -2.15. The zero-order chi connectivity index (χ0) is 17.0. The van der Waals surface area contributed by atoms with Crippen molar-refractivity contribution in [2.45, 2.75) is 6.92 Å². The van der Waals surface area contributed by atoms with Gasteiger partial charge in [-0.15, -0.1) is 0 Å². The number of carboxylic acid groups (broad SMARTS) is 1. The van der Waals surface area contributed by atoms with Crippen LogP contribution in [0.3, 0.4) is 0 Å². The van der Waals surface area contributed by atoms with Gasteiger partial charge in [0, 0.05) is 15.1 Å². The lowest BCUT2D eigenvalue weighted by Gasteiger charge is -2.09. The molecule has 0 aliphatic rings. The molecule has 0 aliphatic heterocycles. The highest BCUT2D eigenvalue weighted by Crippen LogP contribution is 2.22. The molecule has 0 aromatic heterocycles. The minimum absolute atomic E-state index is 0.0157. The van der Waals surface area contributed by atoms with Gasteiger partial charge in [0.25, 0.3) is 5.91 Å². The summed E-state index contributed by atoms with van der Waals surface area (Å²) in [6.07, 6.45) is 1.71. The average Bonchev–Trinajstić information content (AvgIpc) is 2.46. The van der Waals surface area contributed by atoms with Crippen molar-refractivity contribution >= 4 is 51.2 Å². The van der Waals surface area contributed by atoms with Crippen LogP contribution in [0, 0.1) is 0 Å². The molecule has 118 valence electrons. The van der Waals surface area contributed by atoms with Crippen LogP contribution in [0.4, 0.5) is 5.69 Å². The Kier molecular flexibility index (Phi) is 5.58. The average molecular weight is 395 g/mol. The van der Waals surface area contributed by atoms with Gasteiger partial charge in [-0.2, -0.15) is 0 Å². The maximum absolute atomic E-state index is 12.3. The molecule has 0 saturated carbocycles. The van der Waals surface area contributed by atoms with Gasteiger partial charge in [-0.3, -0.25) is 4.79 Å². The van der Waals surface area contributed by atoms with Crippen molar-refractivity contribution in [3.8, 4) is 0 Å². The van der Waals surface area contributed by atoms with Crippen molar-refractivity contribution in [2.75, 3.05) is 5.32 Å². The van der Waals surface area contributed by atoms with Crippen LogP contribution in [0.2, 0.25) is 5.02 Å². The Hall–Kier alpha value is -2.11. The van der Waals surface area contributed by atoms with Gasteiger partial charge < -0.3 is 10.4 Å². The van der Waals surface area contributed by atoms with Crippen molar-refractivity contribution in [3.05, 3.63) is 68.7 Å². The SMILES string of the molecule is CC(=Cc1cccc(Br)c1)C(=O)Nc1cc(Cl)ccc1C(=O)O.